The van der Waals surface area contributed by atoms with Gasteiger partial charge in [-0.25, -0.2) is 9.78 Å². The van der Waals surface area contributed by atoms with Gasteiger partial charge in [0.25, 0.3) is 0 Å². The molecule has 1 aliphatic rings. The minimum absolute atomic E-state index is 0.327. The van der Waals surface area contributed by atoms with Crippen molar-refractivity contribution < 1.29 is 9.53 Å². The van der Waals surface area contributed by atoms with Gasteiger partial charge in [-0.1, -0.05) is 31.2 Å². The van der Waals surface area contributed by atoms with Crippen LogP contribution in [0.4, 0.5) is 4.79 Å². The van der Waals surface area contributed by atoms with Crippen LogP contribution in [0.5, 0.6) is 5.88 Å². The van der Waals surface area contributed by atoms with Crippen LogP contribution in [-0.2, 0) is 19.5 Å². The standard InChI is InChI=1S/C18H16N2O2S/c1-2-12-5-3-6-13-9-14-10-20(11-15-7-4-8-23-15)18(21)22-17(14)19-16(12)13/h3-9H,2,10-11H2,1H3. The van der Waals surface area contributed by atoms with Gasteiger partial charge in [-0.05, 0) is 29.5 Å². The third-order valence-corrected chi connectivity index (χ3v) is 4.94. The summed E-state index contributed by atoms with van der Waals surface area (Å²) in [4.78, 5) is 19.7. The Hall–Kier alpha value is -2.40. The molecule has 3 aromatic rings. The number of ether oxygens (including phenoxy) is 1. The minimum atomic E-state index is -0.327. The number of hydrogen-bond donors (Lipinski definition) is 0. The first-order valence-corrected chi connectivity index (χ1v) is 8.53. The summed E-state index contributed by atoms with van der Waals surface area (Å²) >= 11 is 1.64. The molecule has 23 heavy (non-hydrogen) atoms. The second-order valence-corrected chi connectivity index (χ2v) is 6.63. The summed E-state index contributed by atoms with van der Waals surface area (Å²) in [5.41, 5.74) is 3.05. The summed E-state index contributed by atoms with van der Waals surface area (Å²) in [6, 6.07) is 12.3. The van der Waals surface area contributed by atoms with E-state index >= 15 is 0 Å². The van der Waals surface area contributed by atoms with E-state index in [1.54, 1.807) is 16.2 Å². The van der Waals surface area contributed by atoms with Gasteiger partial charge in [0.05, 0.1) is 18.6 Å². The largest absolute Gasteiger partial charge is 0.417 e. The van der Waals surface area contributed by atoms with Crippen molar-refractivity contribution in [3.8, 4) is 5.88 Å². The molecule has 3 heterocycles. The van der Waals surface area contributed by atoms with Crippen molar-refractivity contribution in [1.82, 2.24) is 9.88 Å². The van der Waals surface area contributed by atoms with E-state index in [1.165, 1.54) is 5.56 Å². The van der Waals surface area contributed by atoms with Crippen LogP contribution in [0.25, 0.3) is 10.9 Å². The Morgan fingerprint density at radius 3 is 3.00 bits per heavy atom. The van der Waals surface area contributed by atoms with Gasteiger partial charge in [0, 0.05) is 15.8 Å². The van der Waals surface area contributed by atoms with Crippen LogP contribution in [0.3, 0.4) is 0 Å². The van der Waals surface area contributed by atoms with Crippen LogP contribution < -0.4 is 4.74 Å². The van der Waals surface area contributed by atoms with E-state index in [4.69, 9.17) is 4.74 Å². The summed E-state index contributed by atoms with van der Waals surface area (Å²) in [5.74, 6) is 0.450. The lowest BCUT2D eigenvalue weighted by Crippen LogP contribution is -2.36. The van der Waals surface area contributed by atoms with Gasteiger partial charge in [0.1, 0.15) is 0 Å². The molecule has 0 aliphatic carbocycles. The zero-order valence-corrected chi connectivity index (χ0v) is 13.6. The second kappa shape index (κ2) is 5.66. The van der Waals surface area contributed by atoms with Gasteiger partial charge in [-0.2, -0.15) is 0 Å². The Bertz CT molecular complexity index is 874. The molecule has 1 aromatic carbocycles. The number of aryl methyl sites for hydroxylation is 1. The maximum Gasteiger partial charge on any atom is 0.417 e. The predicted molar refractivity (Wildman–Crippen MR) is 90.7 cm³/mol. The monoisotopic (exact) mass is 324 g/mol. The van der Waals surface area contributed by atoms with Crippen molar-refractivity contribution in [2.45, 2.75) is 26.4 Å². The highest BCUT2D eigenvalue weighted by Crippen LogP contribution is 2.30. The zero-order valence-electron chi connectivity index (χ0n) is 12.8. The van der Waals surface area contributed by atoms with E-state index in [2.05, 4.69) is 30.1 Å². The Kier molecular flexibility index (Phi) is 3.50. The Morgan fingerprint density at radius 2 is 2.22 bits per heavy atom. The molecular formula is C18H16N2O2S. The molecule has 0 unspecified atom stereocenters. The molecular weight excluding hydrogens is 308 g/mol. The van der Waals surface area contributed by atoms with Crippen LogP contribution in [0.15, 0.2) is 41.8 Å². The van der Waals surface area contributed by atoms with Crippen molar-refractivity contribution in [3.63, 3.8) is 0 Å². The molecule has 0 atom stereocenters. The molecule has 4 nitrogen and oxygen atoms in total. The predicted octanol–water partition coefficient (Wildman–Crippen LogP) is 4.37. The SMILES string of the molecule is CCc1cccc2cc3c(nc12)OC(=O)N(Cc1cccs1)C3. The van der Waals surface area contributed by atoms with E-state index in [0.29, 0.717) is 19.0 Å². The van der Waals surface area contributed by atoms with Gasteiger partial charge < -0.3 is 4.74 Å². The number of benzene rings is 1. The van der Waals surface area contributed by atoms with Crippen molar-refractivity contribution in [2.75, 3.05) is 0 Å². The average molecular weight is 324 g/mol. The number of pyridine rings is 1. The molecule has 1 aliphatic heterocycles. The van der Waals surface area contributed by atoms with Crippen LogP contribution >= 0.6 is 11.3 Å². The molecule has 5 heteroatoms. The smallest absolute Gasteiger partial charge is 0.391 e. The number of carbonyl (C=O) groups is 1. The number of thiophene rings is 1. The number of fused-ring (bicyclic) bond motifs is 2. The maximum absolute atomic E-state index is 12.2. The number of carbonyl (C=O) groups excluding carboxylic acids is 1. The number of para-hydroxylation sites is 1. The molecule has 0 bridgehead atoms. The quantitative estimate of drug-likeness (QED) is 0.718. The van der Waals surface area contributed by atoms with Crippen molar-refractivity contribution in [3.05, 3.63) is 57.8 Å². The van der Waals surface area contributed by atoms with E-state index < -0.39 is 0 Å². The molecule has 0 saturated carbocycles. The average Bonchev–Trinajstić information content (AvgIpc) is 3.06. The second-order valence-electron chi connectivity index (χ2n) is 5.60. The van der Waals surface area contributed by atoms with E-state index in [1.807, 2.05) is 23.6 Å². The molecule has 0 fully saturated rings. The number of amides is 1. The van der Waals surface area contributed by atoms with E-state index in [-0.39, 0.29) is 6.09 Å². The third-order valence-electron chi connectivity index (χ3n) is 4.08. The van der Waals surface area contributed by atoms with Gasteiger partial charge in [0.15, 0.2) is 0 Å². The molecule has 0 N–H and O–H groups in total. The zero-order chi connectivity index (χ0) is 15.8. The molecule has 1 amide bonds. The summed E-state index contributed by atoms with van der Waals surface area (Å²) in [7, 11) is 0. The normalized spacial score (nSPS) is 14.0. The van der Waals surface area contributed by atoms with Crippen LogP contribution in [-0.4, -0.2) is 16.0 Å². The lowest BCUT2D eigenvalue weighted by atomic mass is 10.1. The van der Waals surface area contributed by atoms with E-state index in [9.17, 15) is 4.79 Å². The van der Waals surface area contributed by atoms with Crippen molar-refractivity contribution >= 4 is 28.3 Å². The summed E-state index contributed by atoms with van der Waals surface area (Å²) < 4.78 is 5.48. The van der Waals surface area contributed by atoms with Crippen molar-refractivity contribution in [1.29, 1.82) is 0 Å². The fourth-order valence-electron chi connectivity index (χ4n) is 2.90. The van der Waals surface area contributed by atoms with Gasteiger partial charge in [0.2, 0.25) is 5.88 Å². The highest BCUT2D eigenvalue weighted by Gasteiger charge is 2.27. The summed E-state index contributed by atoms with van der Waals surface area (Å²) in [5, 5.41) is 3.11. The Labute approximate surface area is 138 Å². The molecule has 4 rings (SSSR count). The topological polar surface area (TPSA) is 42.4 Å². The molecule has 0 saturated heterocycles. The van der Waals surface area contributed by atoms with Gasteiger partial charge in [-0.15, -0.1) is 11.3 Å². The lowest BCUT2D eigenvalue weighted by molar-refractivity contribution is 0.133. The molecule has 2 aromatic heterocycles. The number of aromatic nitrogens is 1. The molecule has 116 valence electrons. The maximum atomic E-state index is 12.2. The number of rotatable bonds is 3. The summed E-state index contributed by atoms with van der Waals surface area (Å²) in [6.07, 6.45) is 0.577. The highest BCUT2D eigenvalue weighted by molar-refractivity contribution is 7.09. The van der Waals surface area contributed by atoms with Crippen LogP contribution in [0.1, 0.15) is 22.9 Å². The first-order chi connectivity index (χ1) is 11.2. The minimum Gasteiger partial charge on any atom is -0.391 e. The first kappa shape index (κ1) is 14.2. The van der Waals surface area contributed by atoms with Crippen molar-refractivity contribution in [2.24, 2.45) is 0 Å². The third kappa shape index (κ3) is 2.57. The summed E-state index contributed by atoms with van der Waals surface area (Å²) in [6.45, 7) is 3.21. The fourth-order valence-corrected chi connectivity index (χ4v) is 3.62. The first-order valence-electron chi connectivity index (χ1n) is 7.65. The molecule has 0 spiro atoms. The van der Waals surface area contributed by atoms with E-state index in [0.717, 1.165) is 27.8 Å². The van der Waals surface area contributed by atoms with Crippen LogP contribution in [0.2, 0.25) is 0 Å². The fraction of sp³-hybridized carbons (Fsp3) is 0.222. The Morgan fingerprint density at radius 1 is 1.30 bits per heavy atom. The number of hydrogen-bond acceptors (Lipinski definition) is 4. The number of nitrogens with zero attached hydrogens (tertiary/aromatic N) is 2. The van der Waals surface area contributed by atoms with Crippen LogP contribution in [0, 0.1) is 0 Å². The lowest BCUT2D eigenvalue weighted by Gasteiger charge is -2.27. The Balaban J connectivity index is 1.71. The molecule has 0 radical (unpaired) electrons. The van der Waals surface area contributed by atoms with Gasteiger partial charge in [-0.3, -0.25) is 4.90 Å². The highest BCUT2D eigenvalue weighted by atomic mass is 32.1. The van der Waals surface area contributed by atoms with Gasteiger partial charge >= 0.3 is 6.09 Å².